The van der Waals surface area contributed by atoms with Crippen molar-refractivity contribution in [2.24, 2.45) is 5.92 Å². The van der Waals surface area contributed by atoms with Crippen LogP contribution in [0.3, 0.4) is 0 Å². The van der Waals surface area contributed by atoms with Gasteiger partial charge in [0.2, 0.25) is 5.91 Å². The van der Waals surface area contributed by atoms with Crippen LogP contribution in [0.25, 0.3) is 0 Å². The van der Waals surface area contributed by atoms with E-state index in [0.717, 1.165) is 12.1 Å². The molecule has 1 aromatic carbocycles. The Morgan fingerprint density at radius 2 is 1.91 bits per heavy atom. The van der Waals surface area contributed by atoms with Crippen LogP contribution in [0.1, 0.15) is 25.8 Å². The van der Waals surface area contributed by atoms with E-state index in [0.29, 0.717) is 6.42 Å². The monoisotopic (exact) mass is 319 g/mol. The van der Waals surface area contributed by atoms with Crippen LogP contribution in [0.5, 0.6) is 5.75 Å². The molecule has 1 aromatic rings. The minimum absolute atomic E-state index is 0.0316. The Bertz CT molecular complexity index is 474. The van der Waals surface area contributed by atoms with Crippen molar-refractivity contribution >= 4 is 5.91 Å². The second-order valence-electron chi connectivity index (χ2n) is 5.04. The maximum atomic E-state index is 12.4. The zero-order valence-electron chi connectivity index (χ0n) is 12.5. The summed E-state index contributed by atoms with van der Waals surface area (Å²) < 4.78 is 42.3. The summed E-state index contributed by atoms with van der Waals surface area (Å²) in [6.45, 7) is 3.57. The van der Waals surface area contributed by atoms with E-state index in [-0.39, 0.29) is 30.7 Å². The molecule has 0 saturated heterocycles. The number of rotatable bonds is 7. The van der Waals surface area contributed by atoms with Gasteiger partial charge in [0.25, 0.3) is 0 Å². The molecule has 0 spiro atoms. The number of aliphatic hydroxyl groups excluding tert-OH is 1. The van der Waals surface area contributed by atoms with Gasteiger partial charge in [0.05, 0.1) is 5.56 Å². The first kappa shape index (κ1) is 18.3. The maximum Gasteiger partial charge on any atom is 0.416 e. The molecular weight excluding hydrogens is 299 g/mol. The van der Waals surface area contributed by atoms with E-state index in [1.54, 1.807) is 6.92 Å². The van der Waals surface area contributed by atoms with E-state index in [9.17, 15) is 23.1 Å². The molecule has 22 heavy (non-hydrogen) atoms. The standard InChI is InChI=1S/C15H20F3NO3/c1-3-10(2)14(21)19-8-12(20)9-22-13-6-4-11(5-7-13)15(16,17)18/h4-7,10,12,20H,3,8-9H2,1-2H3,(H,19,21). The number of aliphatic hydroxyl groups is 1. The molecule has 2 unspecified atom stereocenters. The van der Waals surface area contributed by atoms with E-state index >= 15 is 0 Å². The summed E-state index contributed by atoms with van der Waals surface area (Å²) in [5, 5.41) is 12.3. The second kappa shape index (κ2) is 8.03. The van der Waals surface area contributed by atoms with Gasteiger partial charge in [-0.3, -0.25) is 4.79 Å². The molecule has 124 valence electrons. The molecule has 4 nitrogen and oxygen atoms in total. The number of amides is 1. The number of hydrogen-bond acceptors (Lipinski definition) is 3. The molecule has 0 aliphatic carbocycles. The lowest BCUT2D eigenvalue weighted by molar-refractivity contribution is -0.137. The van der Waals surface area contributed by atoms with Crippen molar-refractivity contribution in [2.75, 3.05) is 13.2 Å². The Morgan fingerprint density at radius 1 is 1.32 bits per heavy atom. The summed E-state index contributed by atoms with van der Waals surface area (Å²) in [5.74, 6) is -0.0700. The van der Waals surface area contributed by atoms with Crippen molar-refractivity contribution < 1.29 is 27.8 Å². The lowest BCUT2D eigenvalue weighted by Crippen LogP contribution is -2.37. The number of carbonyl (C=O) groups is 1. The van der Waals surface area contributed by atoms with Gasteiger partial charge in [0.15, 0.2) is 0 Å². The molecular formula is C15H20F3NO3. The van der Waals surface area contributed by atoms with Gasteiger partial charge in [-0.15, -0.1) is 0 Å². The first-order valence-corrected chi connectivity index (χ1v) is 6.99. The number of ether oxygens (including phenoxy) is 1. The van der Waals surface area contributed by atoms with Crippen LogP contribution in [-0.4, -0.2) is 30.3 Å². The van der Waals surface area contributed by atoms with Crippen molar-refractivity contribution in [1.29, 1.82) is 0 Å². The molecule has 1 amide bonds. The fourth-order valence-corrected chi connectivity index (χ4v) is 1.57. The van der Waals surface area contributed by atoms with Gasteiger partial charge in [-0.25, -0.2) is 0 Å². The Hall–Kier alpha value is -1.76. The molecule has 2 N–H and O–H groups in total. The summed E-state index contributed by atoms with van der Waals surface area (Å²) in [6, 6.07) is 4.19. The van der Waals surface area contributed by atoms with Crippen LogP contribution in [0.15, 0.2) is 24.3 Å². The number of alkyl halides is 3. The Labute approximate surface area is 127 Å². The van der Waals surface area contributed by atoms with Gasteiger partial charge in [0.1, 0.15) is 18.5 Å². The molecule has 0 aliphatic rings. The number of nitrogens with one attached hydrogen (secondary N) is 1. The average molecular weight is 319 g/mol. The first-order valence-electron chi connectivity index (χ1n) is 6.99. The quantitative estimate of drug-likeness (QED) is 0.812. The van der Waals surface area contributed by atoms with Crippen LogP contribution in [0, 0.1) is 5.92 Å². The number of hydrogen-bond donors (Lipinski definition) is 2. The van der Waals surface area contributed by atoms with Gasteiger partial charge < -0.3 is 15.2 Å². The molecule has 2 atom stereocenters. The smallest absolute Gasteiger partial charge is 0.416 e. The highest BCUT2D eigenvalue weighted by molar-refractivity contribution is 5.78. The van der Waals surface area contributed by atoms with Gasteiger partial charge in [-0.2, -0.15) is 13.2 Å². The maximum absolute atomic E-state index is 12.4. The van der Waals surface area contributed by atoms with Gasteiger partial charge in [-0.05, 0) is 30.7 Å². The minimum Gasteiger partial charge on any atom is -0.491 e. The lowest BCUT2D eigenvalue weighted by atomic mass is 10.1. The predicted octanol–water partition coefficient (Wildman–Crippen LogP) is 2.61. The third-order valence-corrected chi connectivity index (χ3v) is 3.20. The van der Waals surface area contributed by atoms with E-state index < -0.39 is 17.8 Å². The molecule has 1 rings (SSSR count). The summed E-state index contributed by atoms with van der Waals surface area (Å²) in [7, 11) is 0. The van der Waals surface area contributed by atoms with E-state index in [2.05, 4.69) is 5.32 Å². The van der Waals surface area contributed by atoms with Crippen LogP contribution in [0.4, 0.5) is 13.2 Å². The zero-order chi connectivity index (χ0) is 16.8. The predicted molar refractivity (Wildman–Crippen MR) is 75.4 cm³/mol. The third kappa shape index (κ3) is 5.93. The van der Waals surface area contributed by atoms with Gasteiger partial charge in [-0.1, -0.05) is 13.8 Å². The van der Waals surface area contributed by atoms with Crippen LogP contribution < -0.4 is 10.1 Å². The topological polar surface area (TPSA) is 58.6 Å². The van der Waals surface area contributed by atoms with Crippen molar-refractivity contribution in [3.63, 3.8) is 0 Å². The summed E-state index contributed by atoms with van der Waals surface area (Å²) in [5.41, 5.74) is -0.763. The van der Waals surface area contributed by atoms with E-state index in [1.165, 1.54) is 12.1 Å². The number of halogens is 3. The normalized spacial score (nSPS) is 14.3. The highest BCUT2D eigenvalue weighted by Gasteiger charge is 2.30. The molecule has 0 heterocycles. The largest absolute Gasteiger partial charge is 0.491 e. The number of benzene rings is 1. The zero-order valence-corrected chi connectivity index (χ0v) is 12.5. The van der Waals surface area contributed by atoms with E-state index in [4.69, 9.17) is 4.74 Å². The van der Waals surface area contributed by atoms with Gasteiger partial charge >= 0.3 is 6.18 Å². The van der Waals surface area contributed by atoms with Crippen LogP contribution in [0.2, 0.25) is 0 Å². The average Bonchev–Trinajstić information content (AvgIpc) is 2.49. The van der Waals surface area contributed by atoms with Crippen LogP contribution >= 0.6 is 0 Å². The van der Waals surface area contributed by atoms with Crippen molar-refractivity contribution in [1.82, 2.24) is 5.32 Å². The highest BCUT2D eigenvalue weighted by Crippen LogP contribution is 2.30. The Kier molecular flexibility index (Phi) is 6.67. The third-order valence-electron chi connectivity index (χ3n) is 3.20. The SMILES string of the molecule is CCC(C)C(=O)NCC(O)COc1ccc(C(F)(F)F)cc1. The molecule has 7 heteroatoms. The van der Waals surface area contributed by atoms with Crippen molar-refractivity contribution in [3.05, 3.63) is 29.8 Å². The summed E-state index contributed by atoms with van der Waals surface area (Å²) in [6.07, 6.45) is -4.63. The molecule has 0 bridgehead atoms. The summed E-state index contributed by atoms with van der Waals surface area (Å²) in [4.78, 5) is 11.5. The fourth-order valence-electron chi connectivity index (χ4n) is 1.57. The molecule has 0 aromatic heterocycles. The van der Waals surface area contributed by atoms with Gasteiger partial charge in [0, 0.05) is 12.5 Å². The molecule has 0 radical (unpaired) electrons. The lowest BCUT2D eigenvalue weighted by Gasteiger charge is -2.15. The Balaban J connectivity index is 2.38. The summed E-state index contributed by atoms with van der Waals surface area (Å²) >= 11 is 0. The van der Waals surface area contributed by atoms with Crippen molar-refractivity contribution in [3.8, 4) is 5.75 Å². The van der Waals surface area contributed by atoms with Crippen LogP contribution in [-0.2, 0) is 11.0 Å². The highest BCUT2D eigenvalue weighted by atomic mass is 19.4. The molecule has 0 saturated carbocycles. The first-order chi connectivity index (χ1) is 10.2. The van der Waals surface area contributed by atoms with E-state index in [1.807, 2.05) is 6.92 Å². The fraction of sp³-hybridized carbons (Fsp3) is 0.533. The van der Waals surface area contributed by atoms with Crippen molar-refractivity contribution in [2.45, 2.75) is 32.5 Å². The minimum atomic E-state index is -4.39. The number of carbonyl (C=O) groups excluding carboxylic acids is 1. The molecule has 0 aliphatic heterocycles. The Morgan fingerprint density at radius 3 is 2.41 bits per heavy atom. The molecule has 0 fully saturated rings. The second-order valence-corrected chi connectivity index (χ2v) is 5.04.